The average molecular weight is 292 g/mol. The molecule has 100 valence electrons. The Kier molecular flexibility index (Phi) is 3.82. The van der Waals surface area contributed by atoms with Crippen molar-refractivity contribution in [3.8, 4) is 6.07 Å². The standard InChI is InChI=1S/C13H7ClFN3O2/c14-10-2-1-3-11(15)13(10)17-9-5-4-8(7-16)12(6-9)18(19)20/h1-6,17H. The molecule has 2 rings (SSSR count). The molecule has 20 heavy (non-hydrogen) atoms. The molecule has 0 heterocycles. The highest BCUT2D eigenvalue weighted by Gasteiger charge is 2.15. The molecule has 2 aromatic carbocycles. The molecule has 0 spiro atoms. The monoisotopic (exact) mass is 291 g/mol. The molecule has 0 aliphatic rings. The first-order valence-corrected chi connectivity index (χ1v) is 5.80. The van der Waals surface area contributed by atoms with E-state index in [2.05, 4.69) is 5.32 Å². The van der Waals surface area contributed by atoms with Gasteiger partial charge in [0.1, 0.15) is 17.4 Å². The lowest BCUT2D eigenvalue weighted by Gasteiger charge is -2.09. The van der Waals surface area contributed by atoms with Crippen LogP contribution >= 0.6 is 11.6 Å². The Hall–Kier alpha value is -2.65. The molecule has 1 N–H and O–H groups in total. The highest BCUT2D eigenvalue weighted by Crippen LogP contribution is 2.30. The summed E-state index contributed by atoms with van der Waals surface area (Å²) in [5.74, 6) is -0.579. The van der Waals surface area contributed by atoms with Gasteiger partial charge in [-0.25, -0.2) is 4.39 Å². The smallest absolute Gasteiger partial charge is 0.289 e. The molecule has 0 aromatic heterocycles. The van der Waals surface area contributed by atoms with Crippen LogP contribution in [-0.2, 0) is 0 Å². The van der Waals surface area contributed by atoms with Crippen molar-refractivity contribution in [2.45, 2.75) is 0 Å². The number of benzene rings is 2. The van der Waals surface area contributed by atoms with Crippen molar-refractivity contribution in [1.82, 2.24) is 0 Å². The van der Waals surface area contributed by atoms with Crippen molar-refractivity contribution in [2.75, 3.05) is 5.32 Å². The average Bonchev–Trinajstić information content (AvgIpc) is 2.43. The molecule has 0 amide bonds. The first kappa shape index (κ1) is 13.8. The molecule has 2 aromatic rings. The number of para-hydroxylation sites is 1. The first-order valence-electron chi connectivity index (χ1n) is 5.42. The lowest BCUT2D eigenvalue weighted by Crippen LogP contribution is -1.98. The van der Waals surface area contributed by atoms with Gasteiger partial charge in [0.15, 0.2) is 0 Å². The van der Waals surface area contributed by atoms with Crippen LogP contribution in [0.2, 0.25) is 5.02 Å². The summed E-state index contributed by atoms with van der Waals surface area (Å²) in [5.41, 5.74) is -0.138. The van der Waals surface area contributed by atoms with Crippen LogP contribution in [0, 0.1) is 27.3 Å². The van der Waals surface area contributed by atoms with Gasteiger partial charge in [0.05, 0.1) is 15.6 Å². The van der Waals surface area contributed by atoms with E-state index in [1.165, 1.54) is 30.3 Å². The molecule has 7 heteroatoms. The molecule has 0 aliphatic heterocycles. The Morgan fingerprint density at radius 3 is 2.70 bits per heavy atom. The fraction of sp³-hybridized carbons (Fsp3) is 0. The van der Waals surface area contributed by atoms with Crippen molar-refractivity contribution in [3.05, 3.63) is 62.9 Å². The molecule has 0 fully saturated rings. The van der Waals surface area contributed by atoms with Gasteiger partial charge >= 0.3 is 0 Å². The maximum Gasteiger partial charge on any atom is 0.289 e. The predicted octanol–water partition coefficient (Wildman–Crippen LogP) is 4.00. The number of halogens is 2. The number of nitro benzene ring substituents is 1. The molecular weight excluding hydrogens is 285 g/mol. The molecule has 0 atom stereocenters. The third-order valence-electron chi connectivity index (χ3n) is 2.55. The second-order valence-corrected chi connectivity index (χ2v) is 4.23. The van der Waals surface area contributed by atoms with Crippen LogP contribution in [0.4, 0.5) is 21.5 Å². The zero-order chi connectivity index (χ0) is 14.7. The maximum atomic E-state index is 13.6. The van der Waals surface area contributed by atoms with Gasteiger partial charge in [-0.2, -0.15) is 5.26 Å². The zero-order valence-electron chi connectivity index (χ0n) is 9.93. The summed E-state index contributed by atoms with van der Waals surface area (Å²) in [4.78, 5) is 10.2. The van der Waals surface area contributed by atoms with Crippen molar-refractivity contribution in [1.29, 1.82) is 5.26 Å². The Labute approximate surface area is 118 Å². The summed E-state index contributed by atoms with van der Waals surface area (Å²) in [6.45, 7) is 0. The van der Waals surface area contributed by atoms with E-state index in [1.54, 1.807) is 6.07 Å². The lowest BCUT2D eigenvalue weighted by molar-refractivity contribution is -0.385. The summed E-state index contributed by atoms with van der Waals surface area (Å²) in [6.07, 6.45) is 0. The van der Waals surface area contributed by atoms with Crippen LogP contribution in [0.1, 0.15) is 5.56 Å². The molecule has 0 aliphatic carbocycles. The van der Waals surface area contributed by atoms with Gasteiger partial charge in [-0.3, -0.25) is 10.1 Å². The minimum absolute atomic E-state index is 0.0215. The van der Waals surface area contributed by atoms with Gasteiger partial charge in [-0.15, -0.1) is 0 Å². The number of hydrogen-bond acceptors (Lipinski definition) is 4. The Balaban J connectivity index is 2.43. The summed E-state index contributed by atoms with van der Waals surface area (Å²) in [6, 6.07) is 9.76. The number of rotatable bonds is 3. The van der Waals surface area contributed by atoms with Crippen molar-refractivity contribution < 1.29 is 9.31 Å². The van der Waals surface area contributed by atoms with Crippen LogP contribution in [0.3, 0.4) is 0 Å². The zero-order valence-corrected chi connectivity index (χ0v) is 10.7. The predicted molar refractivity (Wildman–Crippen MR) is 72.5 cm³/mol. The first-order chi connectivity index (χ1) is 9.52. The van der Waals surface area contributed by atoms with E-state index in [0.717, 1.165) is 6.07 Å². The molecule has 0 unspecified atom stereocenters. The minimum Gasteiger partial charge on any atom is -0.352 e. The third kappa shape index (κ3) is 2.68. The van der Waals surface area contributed by atoms with Crippen LogP contribution in [0.25, 0.3) is 0 Å². The van der Waals surface area contributed by atoms with Crippen LogP contribution in [0.5, 0.6) is 0 Å². The van der Waals surface area contributed by atoms with E-state index in [9.17, 15) is 14.5 Å². The van der Waals surface area contributed by atoms with Gasteiger partial charge in [0.25, 0.3) is 5.69 Å². The third-order valence-corrected chi connectivity index (χ3v) is 2.86. The van der Waals surface area contributed by atoms with Crippen molar-refractivity contribution in [2.24, 2.45) is 0 Å². The summed E-state index contributed by atoms with van der Waals surface area (Å²) >= 11 is 5.85. The quantitative estimate of drug-likeness (QED) is 0.684. The number of nitriles is 1. The highest BCUT2D eigenvalue weighted by atomic mass is 35.5. The largest absolute Gasteiger partial charge is 0.352 e. The SMILES string of the molecule is N#Cc1ccc(Nc2c(F)cccc2Cl)cc1[N+](=O)[O-]. The second kappa shape index (κ2) is 5.55. The van der Waals surface area contributed by atoms with Crippen molar-refractivity contribution in [3.63, 3.8) is 0 Å². The van der Waals surface area contributed by atoms with Crippen LogP contribution in [-0.4, -0.2) is 4.92 Å². The summed E-state index contributed by atoms with van der Waals surface area (Å²) < 4.78 is 13.6. The number of hydrogen-bond donors (Lipinski definition) is 1. The van der Waals surface area contributed by atoms with Crippen LogP contribution < -0.4 is 5.32 Å². The van der Waals surface area contributed by atoms with Crippen molar-refractivity contribution >= 4 is 28.7 Å². The molecular formula is C13H7ClFN3O2. The normalized spacial score (nSPS) is 9.85. The number of nitrogens with one attached hydrogen (secondary N) is 1. The van der Waals surface area contributed by atoms with Gasteiger partial charge in [0, 0.05) is 11.8 Å². The Morgan fingerprint density at radius 2 is 2.10 bits per heavy atom. The van der Waals surface area contributed by atoms with E-state index in [1.807, 2.05) is 0 Å². The number of nitro groups is 1. The van der Waals surface area contributed by atoms with E-state index in [4.69, 9.17) is 16.9 Å². The minimum atomic E-state index is -0.674. The molecule has 0 radical (unpaired) electrons. The summed E-state index contributed by atoms with van der Waals surface area (Å²) in [5, 5.41) is 22.4. The fourth-order valence-electron chi connectivity index (χ4n) is 1.62. The van der Waals surface area contributed by atoms with E-state index in [0.29, 0.717) is 0 Å². The van der Waals surface area contributed by atoms with Crippen LogP contribution in [0.15, 0.2) is 36.4 Å². The van der Waals surface area contributed by atoms with E-state index in [-0.39, 0.29) is 27.6 Å². The van der Waals surface area contributed by atoms with E-state index < -0.39 is 10.7 Å². The van der Waals surface area contributed by atoms with Gasteiger partial charge in [-0.05, 0) is 24.3 Å². The fourth-order valence-corrected chi connectivity index (χ4v) is 1.83. The summed E-state index contributed by atoms with van der Waals surface area (Å²) in [7, 11) is 0. The highest BCUT2D eigenvalue weighted by molar-refractivity contribution is 6.33. The van der Waals surface area contributed by atoms with Gasteiger partial charge < -0.3 is 5.32 Å². The molecule has 0 bridgehead atoms. The lowest BCUT2D eigenvalue weighted by atomic mass is 10.1. The van der Waals surface area contributed by atoms with E-state index >= 15 is 0 Å². The molecule has 5 nitrogen and oxygen atoms in total. The maximum absolute atomic E-state index is 13.6. The van der Waals surface area contributed by atoms with Gasteiger partial charge in [-0.1, -0.05) is 17.7 Å². The van der Waals surface area contributed by atoms with Gasteiger partial charge in [0.2, 0.25) is 0 Å². The molecule has 0 saturated heterocycles. The molecule has 0 saturated carbocycles. The second-order valence-electron chi connectivity index (χ2n) is 3.82. The topological polar surface area (TPSA) is 79.0 Å². The Bertz CT molecular complexity index is 708. The number of anilines is 2. The number of nitrogens with zero attached hydrogens (tertiary/aromatic N) is 2. The Morgan fingerprint density at radius 1 is 1.35 bits per heavy atom.